The minimum Gasteiger partial charge on any atom is -0.354 e. The Morgan fingerprint density at radius 1 is 1.26 bits per heavy atom. The third kappa shape index (κ3) is 2.57. The van der Waals surface area contributed by atoms with Crippen LogP contribution in [0.25, 0.3) is 0 Å². The van der Waals surface area contributed by atoms with Gasteiger partial charge in [0.15, 0.2) is 5.69 Å². The van der Waals surface area contributed by atoms with E-state index in [1.165, 1.54) is 24.2 Å². The standard InChI is InChI=1S/C17H18ClN5/c18-13-5-6-17(21-15(13)9-19)22-8-7-12(10-22)23-11-20-14-3-1-2-4-16(14)23/h5-6,11-12H,1-4,7-8,10H2. The van der Waals surface area contributed by atoms with Gasteiger partial charge >= 0.3 is 0 Å². The molecule has 1 aliphatic heterocycles. The van der Waals surface area contributed by atoms with Crippen LogP contribution < -0.4 is 4.90 Å². The van der Waals surface area contributed by atoms with E-state index in [0.29, 0.717) is 16.8 Å². The fourth-order valence-corrected chi connectivity index (χ4v) is 3.82. The van der Waals surface area contributed by atoms with Gasteiger partial charge in [0.05, 0.1) is 23.1 Å². The maximum atomic E-state index is 9.09. The molecule has 2 aromatic heterocycles. The number of fused-ring (bicyclic) bond motifs is 1. The first-order valence-electron chi connectivity index (χ1n) is 8.12. The molecule has 0 bridgehead atoms. The Labute approximate surface area is 140 Å². The van der Waals surface area contributed by atoms with Crippen LogP contribution in [-0.4, -0.2) is 27.6 Å². The van der Waals surface area contributed by atoms with Crippen molar-refractivity contribution in [2.45, 2.75) is 38.1 Å². The van der Waals surface area contributed by atoms with Gasteiger partial charge in [-0.15, -0.1) is 0 Å². The molecule has 118 valence electrons. The van der Waals surface area contributed by atoms with Crippen LogP contribution in [0.5, 0.6) is 0 Å². The minimum atomic E-state index is 0.299. The van der Waals surface area contributed by atoms with Gasteiger partial charge < -0.3 is 9.47 Å². The summed E-state index contributed by atoms with van der Waals surface area (Å²) in [6.07, 6.45) is 7.87. The van der Waals surface area contributed by atoms with Crippen LogP contribution >= 0.6 is 11.6 Å². The second-order valence-corrected chi connectivity index (χ2v) is 6.66. The maximum absolute atomic E-state index is 9.09. The minimum absolute atomic E-state index is 0.299. The lowest BCUT2D eigenvalue weighted by Crippen LogP contribution is -2.23. The van der Waals surface area contributed by atoms with Crippen molar-refractivity contribution in [1.82, 2.24) is 14.5 Å². The van der Waals surface area contributed by atoms with Crippen molar-refractivity contribution in [3.63, 3.8) is 0 Å². The molecular formula is C17H18ClN5. The lowest BCUT2D eigenvalue weighted by molar-refractivity contribution is 0.515. The number of nitriles is 1. The number of hydrogen-bond donors (Lipinski definition) is 0. The van der Waals surface area contributed by atoms with Crippen molar-refractivity contribution in [1.29, 1.82) is 5.26 Å². The molecule has 4 rings (SSSR count). The predicted octanol–water partition coefficient (Wildman–Crippen LogP) is 3.13. The third-order valence-corrected chi connectivity index (χ3v) is 5.18. The molecular weight excluding hydrogens is 310 g/mol. The summed E-state index contributed by atoms with van der Waals surface area (Å²) in [4.78, 5) is 11.2. The van der Waals surface area contributed by atoms with E-state index in [1.807, 2.05) is 12.4 Å². The number of halogens is 1. The molecule has 2 aliphatic rings. The van der Waals surface area contributed by atoms with Gasteiger partial charge in [0.1, 0.15) is 11.9 Å². The van der Waals surface area contributed by atoms with Crippen molar-refractivity contribution in [3.8, 4) is 6.07 Å². The van der Waals surface area contributed by atoms with Gasteiger partial charge in [-0.1, -0.05) is 11.6 Å². The molecule has 0 radical (unpaired) electrons. The molecule has 1 unspecified atom stereocenters. The van der Waals surface area contributed by atoms with Crippen LogP contribution in [0, 0.1) is 11.3 Å². The highest BCUT2D eigenvalue weighted by Gasteiger charge is 2.28. The zero-order valence-corrected chi connectivity index (χ0v) is 13.6. The summed E-state index contributed by atoms with van der Waals surface area (Å²) in [5.41, 5.74) is 3.00. The van der Waals surface area contributed by atoms with E-state index in [9.17, 15) is 0 Å². The lowest BCUT2D eigenvalue weighted by Gasteiger charge is -2.21. The Morgan fingerprint density at radius 3 is 3.00 bits per heavy atom. The second kappa shape index (κ2) is 5.86. The van der Waals surface area contributed by atoms with Crippen LogP contribution in [-0.2, 0) is 12.8 Å². The van der Waals surface area contributed by atoms with Crippen LogP contribution in [0.4, 0.5) is 5.82 Å². The number of nitrogens with zero attached hydrogens (tertiary/aromatic N) is 5. The zero-order valence-electron chi connectivity index (χ0n) is 12.9. The van der Waals surface area contributed by atoms with Gasteiger partial charge in [-0.2, -0.15) is 5.26 Å². The van der Waals surface area contributed by atoms with Crippen molar-refractivity contribution in [3.05, 3.63) is 40.6 Å². The van der Waals surface area contributed by atoms with Crippen molar-refractivity contribution < 1.29 is 0 Å². The van der Waals surface area contributed by atoms with Gasteiger partial charge in [-0.3, -0.25) is 0 Å². The first-order valence-corrected chi connectivity index (χ1v) is 8.50. The summed E-state index contributed by atoms with van der Waals surface area (Å²) in [5, 5.41) is 9.51. The highest BCUT2D eigenvalue weighted by molar-refractivity contribution is 6.31. The van der Waals surface area contributed by atoms with Crippen molar-refractivity contribution >= 4 is 17.4 Å². The Bertz CT molecular complexity index is 776. The number of anilines is 1. The van der Waals surface area contributed by atoms with Crippen LogP contribution in [0.15, 0.2) is 18.5 Å². The van der Waals surface area contributed by atoms with Crippen LogP contribution in [0.2, 0.25) is 5.02 Å². The van der Waals surface area contributed by atoms with E-state index >= 15 is 0 Å². The molecule has 0 N–H and O–H groups in total. The summed E-state index contributed by atoms with van der Waals surface area (Å²) in [6, 6.07) is 6.15. The van der Waals surface area contributed by atoms with E-state index in [4.69, 9.17) is 16.9 Å². The summed E-state index contributed by atoms with van der Waals surface area (Å²) >= 11 is 5.98. The molecule has 1 fully saturated rings. The van der Waals surface area contributed by atoms with Gasteiger partial charge in [-0.25, -0.2) is 9.97 Å². The van der Waals surface area contributed by atoms with E-state index in [-0.39, 0.29) is 0 Å². The molecule has 0 spiro atoms. The highest BCUT2D eigenvalue weighted by Crippen LogP contribution is 2.30. The van der Waals surface area contributed by atoms with E-state index in [0.717, 1.165) is 38.2 Å². The zero-order chi connectivity index (χ0) is 15.8. The van der Waals surface area contributed by atoms with Crippen molar-refractivity contribution in [2.75, 3.05) is 18.0 Å². The van der Waals surface area contributed by atoms with E-state index in [2.05, 4.69) is 25.5 Å². The van der Waals surface area contributed by atoms with Crippen LogP contribution in [0.1, 0.15) is 42.4 Å². The van der Waals surface area contributed by atoms with Gasteiger partial charge in [0, 0.05) is 18.8 Å². The largest absolute Gasteiger partial charge is 0.354 e. The molecule has 1 saturated heterocycles. The van der Waals surface area contributed by atoms with E-state index in [1.54, 1.807) is 6.07 Å². The molecule has 3 heterocycles. The molecule has 5 nitrogen and oxygen atoms in total. The van der Waals surface area contributed by atoms with Crippen molar-refractivity contribution in [2.24, 2.45) is 0 Å². The highest BCUT2D eigenvalue weighted by atomic mass is 35.5. The Morgan fingerprint density at radius 2 is 2.13 bits per heavy atom. The van der Waals surface area contributed by atoms with Gasteiger partial charge in [0.2, 0.25) is 0 Å². The molecule has 23 heavy (non-hydrogen) atoms. The fourth-order valence-electron chi connectivity index (χ4n) is 3.67. The molecule has 1 aliphatic carbocycles. The summed E-state index contributed by atoms with van der Waals surface area (Å²) in [6.45, 7) is 1.85. The maximum Gasteiger partial charge on any atom is 0.161 e. The lowest BCUT2D eigenvalue weighted by atomic mass is 10.0. The van der Waals surface area contributed by atoms with Gasteiger partial charge in [-0.05, 0) is 44.2 Å². The number of aromatic nitrogens is 3. The Kier molecular flexibility index (Phi) is 3.70. The first kappa shape index (κ1) is 14.5. The Hall–Kier alpha value is -2.06. The SMILES string of the molecule is N#Cc1nc(N2CCC(n3cnc4c3CCCC4)C2)ccc1Cl. The molecule has 0 amide bonds. The number of imidazole rings is 1. The number of hydrogen-bond acceptors (Lipinski definition) is 4. The van der Waals surface area contributed by atoms with Crippen LogP contribution in [0.3, 0.4) is 0 Å². The summed E-state index contributed by atoms with van der Waals surface area (Å²) in [5.74, 6) is 0.836. The van der Waals surface area contributed by atoms with Gasteiger partial charge in [0.25, 0.3) is 0 Å². The predicted molar refractivity (Wildman–Crippen MR) is 88.7 cm³/mol. The number of rotatable bonds is 2. The molecule has 6 heteroatoms. The fraction of sp³-hybridized carbons (Fsp3) is 0.471. The molecule has 0 aromatic carbocycles. The second-order valence-electron chi connectivity index (χ2n) is 6.25. The van der Waals surface area contributed by atoms with E-state index < -0.39 is 0 Å². The quantitative estimate of drug-likeness (QED) is 0.850. The first-order chi connectivity index (χ1) is 11.3. The normalized spacial score (nSPS) is 20.3. The molecule has 1 atom stereocenters. The topological polar surface area (TPSA) is 57.7 Å². The molecule has 2 aromatic rings. The molecule has 0 saturated carbocycles. The monoisotopic (exact) mass is 327 g/mol. The average Bonchev–Trinajstić information content (AvgIpc) is 3.21. The summed E-state index contributed by atoms with van der Waals surface area (Å²) in [7, 11) is 0. The third-order valence-electron chi connectivity index (χ3n) is 4.88. The average molecular weight is 328 g/mol. The number of aryl methyl sites for hydroxylation is 1. The smallest absolute Gasteiger partial charge is 0.161 e. The summed E-state index contributed by atoms with van der Waals surface area (Å²) < 4.78 is 2.37. The Balaban J connectivity index is 1.56. The number of pyridine rings is 1.